The van der Waals surface area contributed by atoms with Gasteiger partial charge in [-0.25, -0.2) is 9.37 Å². The number of aryl methyl sites for hydroxylation is 2. The lowest BCUT2D eigenvalue weighted by Gasteiger charge is -1.97. The van der Waals surface area contributed by atoms with Crippen LogP contribution in [0.2, 0.25) is 5.28 Å². The number of hydrogen-bond acceptors (Lipinski definition) is 1. The summed E-state index contributed by atoms with van der Waals surface area (Å²) >= 11 is 5.79. The largest absolute Gasteiger partial charge is 0.318 e. The molecule has 0 aliphatic carbocycles. The topological polar surface area (TPSA) is 17.8 Å². The molecule has 1 aromatic carbocycles. The van der Waals surface area contributed by atoms with E-state index in [0.717, 1.165) is 5.52 Å². The lowest BCUT2D eigenvalue weighted by atomic mass is 10.2. The molecule has 0 fully saturated rings. The molecule has 13 heavy (non-hydrogen) atoms. The molecule has 4 heteroatoms. The molecule has 0 N–H and O–H groups in total. The number of imidazole rings is 1. The molecule has 2 aromatic rings. The smallest absolute Gasteiger partial charge is 0.203 e. The highest BCUT2D eigenvalue weighted by molar-refractivity contribution is 6.29. The van der Waals surface area contributed by atoms with Crippen LogP contribution < -0.4 is 0 Å². The van der Waals surface area contributed by atoms with Gasteiger partial charge < -0.3 is 4.57 Å². The summed E-state index contributed by atoms with van der Waals surface area (Å²) in [5.74, 6) is -0.229. The van der Waals surface area contributed by atoms with Crippen molar-refractivity contribution in [1.82, 2.24) is 9.55 Å². The lowest BCUT2D eigenvalue weighted by molar-refractivity contribution is 0.619. The fourth-order valence-corrected chi connectivity index (χ4v) is 1.47. The van der Waals surface area contributed by atoms with Gasteiger partial charge in [0.15, 0.2) is 0 Å². The predicted octanol–water partition coefficient (Wildman–Crippen LogP) is 2.67. The zero-order valence-electron chi connectivity index (χ0n) is 7.31. The Morgan fingerprint density at radius 3 is 2.85 bits per heavy atom. The Morgan fingerprint density at radius 2 is 2.15 bits per heavy atom. The van der Waals surface area contributed by atoms with Crippen LogP contribution in [-0.4, -0.2) is 9.55 Å². The fraction of sp³-hybridized carbons (Fsp3) is 0.222. The van der Waals surface area contributed by atoms with Crippen LogP contribution in [-0.2, 0) is 7.05 Å². The van der Waals surface area contributed by atoms with Crippen LogP contribution in [0.4, 0.5) is 4.39 Å². The number of nitrogens with zero attached hydrogens (tertiary/aromatic N) is 2. The standard InChI is InChI=1S/C9H8ClFN2/c1-5-3-7-8(4-6(5)11)13(2)9(10)12-7/h3-4H,1-2H3. The van der Waals surface area contributed by atoms with E-state index in [1.54, 1.807) is 24.6 Å². The number of benzene rings is 1. The van der Waals surface area contributed by atoms with E-state index in [1.165, 1.54) is 6.07 Å². The third-order valence-corrected chi connectivity index (χ3v) is 2.44. The van der Waals surface area contributed by atoms with E-state index in [-0.39, 0.29) is 5.82 Å². The summed E-state index contributed by atoms with van der Waals surface area (Å²) < 4.78 is 14.8. The second kappa shape index (κ2) is 2.70. The molecule has 0 bridgehead atoms. The minimum absolute atomic E-state index is 0.229. The molecule has 2 rings (SSSR count). The quantitative estimate of drug-likeness (QED) is 0.637. The first-order chi connectivity index (χ1) is 6.09. The molecular weight excluding hydrogens is 191 g/mol. The van der Waals surface area contributed by atoms with Gasteiger partial charge in [-0.3, -0.25) is 0 Å². The van der Waals surface area contributed by atoms with Gasteiger partial charge in [-0.15, -0.1) is 0 Å². The summed E-state index contributed by atoms with van der Waals surface area (Å²) in [5.41, 5.74) is 2.03. The Balaban J connectivity index is 2.89. The molecule has 0 radical (unpaired) electrons. The molecule has 0 saturated heterocycles. The van der Waals surface area contributed by atoms with Crippen molar-refractivity contribution < 1.29 is 4.39 Å². The fourth-order valence-electron chi connectivity index (χ4n) is 1.29. The summed E-state index contributed by atoms with van der Waals surface area (Å²) in [6.07, 6.45) is 0. The lowest BCUT2D eigenvalue weighted by Crippen LogP contribution is -1.88. The van der Waals surface area contributed by atoms with E-state index in [9.17, 15) is 4.39 Å². The third kappa shape index (κ3) is 1.20. The van der Waals surface area contributed by atoms with Crippen molar-refractivity contribution in [3.8, 4) is 0 Å². The Labute approximate surface area is 80.0 Å². The average molecular weight is 199 g/mol. The minimum atomic E-state index is -0.229. The van der Waals surface area contributed by atoms with E-state index in [0.29, 0.717) is 16.4 Å². The van der Waals surface area contributed by atoms with Gasteiger partial charge in [0, 0.05) is 13.1 Å². The molecular formula is C9H8ClFN2. The van der Waals surface area contributed by atoms with Gasteiger partial charge in [0.2, 0.25) is 5.28 Å². The van der Waals surface area contributed by atoms with Gasteiger partial charge >= 0.3 is 0 Å². The van der Waals surface area contributed by atoms with Crippen molar-refractivity contribution in [2.24, 2.45) is 7.05 Å². The number of hydrogen-bond donors (Lipinski definition) is 0. The summed E-state index contributed by atoms with van der Waals surface area (Å²) in [6.45, 7) is 1.71. The van der Waals surface area contributed by atoms with Gasteiger partial charge in [0.25, 0.3) is 0 Å². The van der Waals surface area contributed by atoms with Crippen molar-refractivity contribution in [2.75, 3.05) is 0 Å². The zero-order chi connectivity index (χ0) is 9.59. The first-order valence-electron chi connectivity index (χ1n) is 3.87. The van der Waals surface area contributed by atoms with Gasteiger partial charge in [0.1, 0.15) is 5.82 Å². The summed E-state index contributed by atoms with van der Waals surface area (Å²) in [5, 5.41) is 0.375. The van der Waals surface area contributed by atoms with E-state index >= 15 is 0 Å². The van der Waals surface area contributed by atoms with E-state index in [2.05, 4.69) is 4.98 Å². The second-order valence-corrected chi connectivity index (χ2v) is 3.37. The third-order valence-electron chi connectivity index (χ3n) is 2.11. The van der Waals surface area contributed by atoms with E-state index in [4.69, 9.17) is 11.6 Å². The van der Waals surface area contributed by atoms with Crippen LogP contribution in [0.15, 0.2) is 12.1 Å². The molecule has 68 valence electrons. The maximum atomic E-state index is 13.2. The van der Waals surface area contributed by atoms with Gasteiger partial charge in [-0.2, -0.15) is 0 Å². The maximum absolute atomic E-state index is 13.2. The maximum Gasteiger partial charge on any atom is 0.203 e. The van der Waals surface area contributed by atoms with E-state index in [1.807, 2.05) is 0 Å². The van der Waals surface area contributed by atoms with Crippen LogP contribution in [0.25, 0.3) is 11.0 Å². The van der Waals surface area contributed by atoms with Gasteiger partial charge in [-0.05, 0) is 30.2 Å². The van der Waals surface area contributed by atoms with Gasteiger partial charge in [0.05, 0.1) is 11.0 Å². The summed E-state index contributed by atoms with van der Waals surface area (Å²) in [7, 11) is 1.76. The highest BCUT2D eigenvalue weighted by atomic mass is 35.5. The molecule has 0 unspecified atom stereocenters. The molecule has 0 aliphatic rings. The van der Waals surface area contributed by atoms with Crippen LogP contribution in [0.3, 0.4) is 0 Å². The van der Waals surface area contributed by atoms with Crippen molar-refractivity contribution in [2.45, 2.75) is 6.92 Å². The number of fused-ring (bicyclic) bond motifs is 1. The Morgan fingerprint density at radius 1 is 1.46 bits per heavy atom. The Kier molecular flexibility index (Phi) is 1.77. The number of rotatable bonds is 0. The normalized spacial score (nSPS) is 11.1. The molecule has 2 nitrogen and oxygen atoms in total. The van der Waals surface area contributed by atoms with Crippen LogP contribution in [0.5, 0.6) is 0 Å². The zero-order valence-corrected chi connectivity index (χ0v) is 8.06. The van der Waals surface area contributed by atoms with Gasteiger partial charge in [-0.1, -0.05) is 0 Å². The highest BCUT2D eigenvalue weighted by Gasteiger charge is 2.08. The van der Waals surface area contributed by atoms with Crippen LogP contribution in [0.1, 0.15) is 5.56 Å². The second-order valence-electron chi connectivity index (χ2n) is 3.03. The SMILES string of the molecule is Cc1cc2nc(Cl)n(C)c2cc1F. The summed E-state index contributed by atoms with van der Waals surface area (Å²) in [6, 6.07) is 3.14. The van der Waals surface area contributed by atoms with Crippen molar-refractivity contribution in [3.63, 3.8) is 0 Å². The molecule has 0 saturated carbocycles. The number of aromatic nitrogens is 2. The monoisotopic (exact) mass is 198 g/mol. The predicted molar refractivity (Wildman–Crippen MR) is 50.4 cm³/mol. The molecule has 0 atom stereocenters. The minimum Gasteiger partial charge on any atom is -0.318 e. The Bertz CT molecular complexity index is 476. The molecule has 0 aliphatic heterocycles. The number of halogens is 2. The first-order valence-corrected chi connectivity index (χ1v) is 4.25. The highest BCUT2D eigenvalue weighted by Crippen LogP contribution is 2.21. The molecule has 1 aromatic heterocycles. The van der Waals surface area contributed by atoms with Crippen molar-refractivity contribution in [3.05, 3.63) is 28.8 Å². The van der Waals surface area contributed by atoms with Crippen LogP contribution >= 0.6 is 11.6 Å². The van der Waals surface area contributed by atoms with Crippen LogP contribution in [0, 0.1) is 12.7 Å². The summed E-state index contributed by atoms with van der Waals surface area (Å²) in [4.78, 5) is 4.08. The molecule has 0 spiro atoms. The molecule has 1 heterocycles. The Hall–Kier alpha value is -1.09. The first kappa shape index (κ1) is 8.51. The van der Waals surface area contributed by atoms with Crippen molar-refractivity contribution in [1.29, 1.82) is 0 Å². The average Bonchev–Trinajstić information content (AvgIpc) is 2.32. The van der Waals surface area contributed by atoms with Crippen molar-refractivity contribution >= 4 is 22.6 Å². The van der Waals surface area contributed by atoms with E-state index < -0.39 is 0 Å². The molecule has 0 amide bonds.